The molecule has 1 aliphatic heterocycles. The number of ether oxygens (including phenoxy) is 1. The SMILES string of the molecule is O=S(=O)(NCC1(O)CCOc2ccccc21)c1ccc(Br)cc1. The third kappa shape index (κ3) is 3.42. The maximum atomic E-state index is 12.4. The van der Waals surface area contributed by atoms with Gasteiger partial charge in [0.1, 0.15) is 11.4 Å². The minimum Gasteiger partial charge on any atom is -0.493 e. The highest BCUT2D eigenvalue weighted by Crippen LogP contribution is 2.36. The van der Waals surface area contributed by atoms with Crippen molar-refractivity contribution in [3.63, 3.8) is 0 Å². The standard InChI is InChI=1S/C16H16BrNO4S/c17-12-5-7-13(8-6-12)23(20,21)18-11-16(19)9-10-22-15-4-2-1-3-14(15)16/h1-8,18-19H,9-11H2. The Labute approximate surface area is 143 Å². The number of hydrogen-bond donors (Lipinski definition) is 2. The first-order valence-electron chi connectivity index (χ1n) is 7.11. The maximum absolute atomic E-state index is 12.4. The Balaban J connectivity index is 1.81. The van der Waals surface area contributed by atoms with Gasteiger partial charge < -0.3 is 9.84 Å². The molecule has 2 N–H and O–H groups in total. The Morgan fingerprint density at radius 3 is 2.61 bits per heavy atom. The monoisotopic (exact) mass is 397 g/mol. The molecule has 1 heterocycles. The molecule has 1 unspecified atom stereocenters. The fraction of sp³-hybridized carbons (Fsp3) is 0.250. The summed E-state index contributed by atoms with van der Waals surface area (Å²) in [6.07, 6.45) is 0.326. The first-order chi connectivity index (χ1) is 10.9. The van der Waals surface area contributed by atoms with Crippen LogP contribution in [-0.4, -0.2) is 26.7 Å². The van der Waals surface area contributed by atoms with E-state index in [-0.39, 0.29) is 11.4 Å². The number of hydrogen-bond acceptors (Lipinski definition) is 4. The summed E-state index contributed by atoms with van der Waals surface area (Å²) in [5.74, 6) is 0.587. The third-order valence-electron chi connectivity index (χ3n) is 3.84. The summed E-state index contributed by atoms with van der Waals surface area (Å²) in [7, 11) is -3.69. The highest BCUT2D eigenvalue weighted by molar-refractivity contribution is 9.10. The molecule has 0 saturated heterocycles. The van der Waals surface area contributed by atoms with E-state index in [0.29, 0.717) is 24.3 Å². The molecule has 23 heavy (non-hydrogen) atoms. The summed E-state index contributed by atoms with van der Waals surface area (Å²) in [5, 5.41) is 10.9. The summed E-state index contributed by atoms with van der Waals surface area (Å²) in [6, 6.07) is 13.5. The number of benzene rings is 2. The quantitative estimate of drug-likeness (QED) is 0.830. The predicted molar refractivity (Wildman–Crippen MR) is 89.8 cm³/mol. The smallest absolute Gasteiger partial charge is 0.240 e. The van der Waals surface area contributed by atoms with Crippen molar-refractivity contribution in [2.75, 3.05) is 13.2 Å². The van der Waals surface area contributed by atoms with Crippen LogP contribution in [0.15, 0.2) is 57.9 Å². The molecule has 0 fully saturated rings. The molecular formula is C16H16BrNO4S. The molecule has 2 aromatic rings. The second-order valence-electron chi connectivity index (χ2n) is 5.40. The van der Waals surface area contributed by atoms with E-state index < -0.39 is 15.6 Å². The van der Waals surface area contributed by atoms with Crippen LogP contribution >= 0.6 is 15.9 Å². The van der Waals surface area contributed by atoms with Crippen molar-refractivity contribution in [2.45, 2.75) is 16.9 Å². The largest absolute Gasteiger partial charge is 0.493 e. The average molecular weight is 398 g/mol. The van der Waals surface area contributed by atoms with Crippen LogP contribution in [0, 0.1) is 0 Å². The normalized spacial score (nSPS) is 20.6. The Kier molecular flexibility index (Phi) is 4.46. The van der Waals surface area contributed by atoms with Crippen molar-refractivity contribution < 1.29 is 18.3 Å². The minimum absolute atomic E-state index is 0.105. The number of sulfonamides is 1. The van der Waals surface area contributed by atoms with Gasteiger partial charge >= 0.3 is 0 Å². The highest BCUT2D eigenvalue weighted by atomic mass is 79.9. The summed E-state index contributed by atoms with van der Waals surface area (Å²) < 4.78 is 33.5. The molecule has 2 aromatic carbocycles. The summed E-state index contributed by atoms with van der Waals surface area (Å²) in [4.78, 5) is 0.157. The molecule has 7 heteroatoms. The van der Waals surface area contributed by atoms with E-state index in [1.165, 1.54) is 12.1 Å². The number of nitrogens with one attached hydrogen (secondary N) is 1. The Bertz CT molecular complexity index is 807. The Morgan fingerprint density at radius 2 is 1.87 bits per heavy atom. The van der Waals surface area contributed by atoms with Crippen LogP contribution in [0.4, 0.5) is 0 Å². The van der Waals surface area contributed by atoms with Gasteiger partial charge in [0.15, 0.2) is 0 Å². The van der Waals surface area contributed by atoms with Gasteiger partial charge in [-0.25, -0.2) is 13.1 Å². The summed E-state index contributed by atoms with van der Waals surface area (Å²) >= 11 is 3.27. The van der Waals surface area contributed by atoms with Crippen LogP contribution in [0.2, 0.25) is 0 Å². The fourth-order valence-corrected chi connectivity index (χ4v) is 3.89. The van der Waals surface area contributed by atoms with Gasteiger partial charge in [-0.05, 0) is 30.3 Å². The first-order valence-corrected chi connectivity index (χ1v) is 9.38. The first kappa shape index (κ1) is 16.4. The summed E-state index contributed by atoms with van der Waals surface area (Å²) in [6.45, 7) is 0.235. The van der Waals surface area contributed by atoms with Gasteiger partial charge in [0.05, 0.1) is 11.5 Å². The van der Waals surface area contributed by atoms with Crippen LogP contribution < -0.4 is 9.46 Å². The second-order valence-corrected chi connectivity index (χ2v) is 8.09. The highest BCUT2D eigenvalue weighted by Gasteiger charge is 2.36. The lowest BCUT2D eigenvalue weighted by Gasteiger charge is -2.34. The van der Waals surface area contributed by atoms with E-state index in [2.05, 4.69) is 20.7 Å². The molecule has 0 radical (unpaired) electrons. The predicted octanol–water partition coefficient (Wildman–Crippen LogP) is 2.40. The van der Waals surface area contributed by atoms with Crippen molar-refractivity contribution in [1.29, 1.82) is 0 Å². The van der Waals surface area contributed by atoms with Gasteiger partial charge in [-0.1, -0.05) is 34.1 Å². The van der Waals surface area contributed by atoms with E-state index in [4.69, 9.17) is 4.74 Å². The van der Waals surface area contributed by atoms with Gasteiger partial charge in [0, 0.05) is 23.0 Å². The van der Waals surface area contributed by atoms with Gasteiger partial charge in [0.25, 0.3) is 0 Å². The van der Waals surface area contributed by atoms with Gasteiger partial charge in [-0.2, -0.15) is 0 Å². The molecule has 122 valence electrons. The lowest BCUT2D eigenvalue weighted by Crippen LogP contribution is -2.43. The van der Waals surface area contributed by atoms with Crippen LogP contribution in [0.3, 0.4) is 0 Å². The molecule has 0 aliphatic carbocycles. The lowest BCUT2D eigenvalue weighted by molar-refractivity contribution is 0.00219. The molecule has 3 rings (SSSR count). The van der Waals surface area contributed by atoms with Crippen molar-refractivity contribution in [1.82, 2.24) is 4.72 Å². The van der Waals surface area contributed by atoms with Crippen molar-refractivity contribution in [2.24, 2.45) is 0 Å². The number of halogens is 1. The van der Waals surface area contributed by atoms with Crippen molar-refractivity contribution >= 4 is 26.0 Å². The van der Waals surface area contributed by atoms with Gasteiger partial charge in [-0.3, -0.25) is 0 Å². The average Bonchev–Trinajstić information content (AvgIpc) is 2.54. The number of aliphatic hydroxyl groups is 1. The molecule has 1 atom stereocenters. The van der Waals surface area contributed by atoms with Crippen molar-refractivity contribution in [3.05, 3.63) is 58.6 Å². The topological polar surface area (TPSA) is 75.6 Å². The van der Waals surface area contributed by atoms with E-state index >= 15 is 0 Å². The zero-order valence-electron chi connectivity index (χ0n) is 12.2. The van der Waals surface area contributed by atoms with E-state index in [1.54, 1.807) is 30.3 Å². The second kappa shape index (κ2) is 6.24. The van der Waals surface area contributed by atoms with Crippen LogP contribution in [0.5, 0.6) is 5.75 Å². The molecule has 0 amide bonds. The zero-order chi connectivity index (χ0) is 16.5. The molecule has 0 bridgehead atoms. The van der Waals surface area contributed by atoms with E-state index in [9.17, 15) is 13.5 Å². The molecular weight excluding hydrogens is 382 g/mol. The zero-order valence-corrected chi connectivity index (χ0v) is 14.6. The van der Waals surface area contributed by atoms with Gasteiger partial charge in [0.2, 0.25) is 10.0 Å². The van der Waals surface area contributed by atoms with Crippen LogP contribution in [0.1, 0.15) is 12.0 Å². The maximum Gasteiger partial charge on any atom is 0.240 e. The summed E-state index contributed by atoms with van der Waals surface area (Å²) in [5.41, 5.74) is -0.679. The molecule has 0 aromatic heterocycles. The number of fused-ring (bicyclic) bond motifs is 1. The molecule has 0 saturated carbocycles. The number of rotatable bonds is 4. The van der Waals surface area contributed by atoms with E-state index in [1.807, 2.05) is 6.07 Å². The lowest BCUT2D eigenvalue weighted by atomic mass is 9.88. The number of para-hydroxylation sites is 1. The molecule has 0 spiro atoms. The molecule has 1 aliphatic rings. The van der Waals surface area contributed by atoms with Crippen molar-refractivity contribution in [3.8, 4) is 5.75 Å². The van der Waals surface area contributed by atoms with E-state index in [0.717, 1.165) is 4.47 Å². The minimum atomic E-state index is -3.69. The van der Waals surface area contributed by atoms with Crippen LogP contribution in [-0.2, 0) is 15.6 Å². The molecule has 5 nitrogen and oxygen atoms in total. The van der Waals surface area contributed by atoms with Gasteiger partial charge in [-0.15, -0.1) is 0 Å². The fourth-order valence-electron chi connectivity index (χ4n) is 2.54. The Morgan fingerprint density at radius 1 is 1.17 bits per heavy atom. The Hall–Kier alpha value is -1.41. The third-order valence-corrected chi connectivity index (χ3v) is 5.79. The van der Waals surface area contributed by atoms with Crippen LogP contribution in [0.25, 0.3) is 0 Å².